The third-order valence-corrected chi connectivity index (χ3v) is 4.17. The lowest BCUT2D eigenvalue weighted by Gasteiger charge is -2.14. The molecule has 0 saturated heterocycles. The zero-order chi connectivity index (χ0) is 17.5. The van der Waals surface area contributed by atoms with Gasteiger partial charge >= 0.3 is 0 Å². The van der Waals surface area contributed by atoms with Crippen molar-refractivity contribution in [2.75, 3.05) is 11.9 Å². The van der Waals surface area contributed by atoms with Crippen molar-refractivity contribution in [3.8, 4) is 0 Å². The molecule has 0 aliphatic heterocycles. The lowest BCUT2D eigenvalue weighted by molar-refractivity contribution is -0.678. The van der Waals surface area contributed by atoms with Crippen molar-refractivity contribution in [1.29, 1.82) is 0 Å². The van der Waals surface area contributed by atoms with Crippen molar-refractivity contribution in [1.82, 2.24) is 0 Å². The van der Waals surface area contributed by atoms with Crippen LogP contribution in [0.1, 0.15) is 29.9 Å². The summed E-state index contributed by atoms with van der Waals surface area (Å²) in [5, 5.41) is 4.96. The topological polar surface area (TPSA) is 58.9 Å². The highest BCUT2D eigenvalue weighted by atomic mass is 16.3. The van der Waals surface area contributed by atoms with Gasteiger partial charge in [0.05, 0.1) is 6.26 Å². The predicted octanol–water partition coefficient (Wildman–Crippen LogP) is 3.13. The van der Waals surface area contributed by atoms with Crippen molar-refractivity contribution >= 4 is 11.6 Å². The minimum Gasteiger partial charge on any atom is -0.463 e. The lowest BCUT2D eigenvalue weighted by Crippen LogP contribution is -2.87. The first-order valence-electron chi connectivity index (χ1n) is 8.56. The fourth-order valence-corrected chi connectivity index (χ4v) is 2.85. The van der Waals surface area contributed by atoms with E-state index in [4.69, 9.17) is 4.42 Å². The molecule has 3 N–H and O–H groups in total. The lowest BCUT2D eigenvalue weighted by atomic mass is 10.0. The summed E-state index contributed by atoms with van der Waals surface area (Å²) in [6, 6.07) is 21.8. The van der Waals surface area contributed by atoms with Gasteiger partial charge in [-0.3, -0.25) is 4.79 Å². The number of amides is 1. The molecule has 0 unspecified atom stereocenters. The highest BCUT2D eigenvalue weighted by Crippen LogP contribution is 2.18. The number of furan rings is 1. The van der Waals surface area contributed by atoms with E-state index in [9.17, 15) is 4.79 Å². The molecule has 0 spiro atoms. The van der Waals surface area contributed by atoms with E-state index in [2.05, 4.69) is 18.3 Å². The van der Waals surface area contributed by atoms with Gasteiger partial charge in [-0.1, -0.05) is 49.4 Å². The van der Waals surface area contributed by atoms with Gasteiger partial charge in [0.15, 0.2) is 18.3 Å². The first-order valence-corrected chi connectivity index (χ1v) is 8.56. The molecule has 1 atom stereocenters. The second kappa shape index (κ2) is 8.31. The zero-order valence-electron chi connectivity index (χ0n) is 14.3. The molecule has 3 aromatic rings. The van der Waals surface area contributed by atoms with Gasteiger partial charge in [0, 0.05) is 11.3 Å². The number of carbonyl (C=O) groups is 1. The van der Waals surface area contributed by atoms with Crippen molar-refractivity contribution in [2.24, 2.45) is 0 Å². The maximum atomic E-state index is 12.3. The van der Waals surface area contributed by atoms with Crippen LogP contribution in [0.4, 0.5) is 5.69 Å². The van der Waals surface area contributed by atoms with Crippen LogP contribution in [0.15, 0.2) is 77.4 Å². The second-order valence-corrected chi connectivity index (χ2v) is 5.95. The van der Waals surface area contributed by atoms with Crippen molar-refractivity contribution < 1.29 is 14.5 Å². The van der Waals surface area contributed by atoms with Crippen molar-refractivity contribution in [3.63, 3.8) is 0 Å². The molecular formula is C21H23N2O2+. The summed E-state index contributed by atoms with van der Waals surface area (Å²) in [5.74, 6) is 0.813. The van der Waals surface area contributed by atoms with Crippen LogP contribution >= 0.6 is 0 Å². The van der Waals surface area contributed by atoms with Crippen molar-refractivity contribution in [2.45, 2.75) is 19.4 Å². The number of hydrogen-bond acceptors (Lipinski definition) is 2. The summed E-state index contributed by atoms with van der Waals surface area (Å²) in [6.07, 6.45) is 2.61. The van der Waals surface area contributed by atoms with E-state index < -0.39 is 0 Å². The molecule has 1 heterocycles. The molecule has 0 aliphatic carbocycles. The van der Waals surface area contributed by atoms with Crippen LogP contribution in [0.3, 0.4) is 0 Å². The maximum Gasteiger partial charge on any atom is 0.279 e. The number of aryl methyl sites for hydroxylation is 1. The fourth-order valence-electron chi connectivity index (χ4n) is 2.85. The van der Waals surface area contributed by atoms with E-state index in [1.54, 1.807) is 6.26 Å². The summed E-state index contributed by atoms with van der Waals surface area (Å²) in [7, 11) is 0. The highest BCUT2D eigenvalue weighted by Gasteiger charge is 2.21. The Morgan fingerprint density at radius 2 is 1.92 bits per heavy atom. The Hall–Kier alpha value is -2.85. The molecule has 0 saturated carbocycles. The molecule has 4 nitrogen and oxygen atoms in total. The molecule has 0 fully saturated rings. The van der Waals surface area contributed by atoms with E-state index in [0.29, 0.717) is 6.54 Å². The summed E-state index contributed by atoms with van der Waals surface area (Å²) in [6.45, 7) is 2.42. The van der Waals surface area contributed by atoms with Gasteiger partial charge < -0.3 is 15.1 Å². The molecule has 25 heavy (non-hydrogen) atoms. The summed E-state index contributed by atoms with van der Waals surface area (Å²) in [5.41, 5.74) is 3.16. The third kappa shape index (κ3) is 4.58. The van der Waals surface area contributed by atoms with E-state index in [-0.39, 0.29) is 11.9 Å². The summed E-state index contributed by atoms with van der Waals surface area (Å²) >= 11 is 0. The van der Waals surface area contributed by atoms with Crippen LogP contribution in [-0.4, -0.2) is 12.5 Å². The Morgan fingerprint density at radius 1 is 1.08 bits per heavy atom. The number of benzene rings is 2. The monoisotopic (exact) mass is 335 g/mol. The Labute approximate surface area is 147 Å². The van der Waals surface area contributed by atoms with Crippen molar-refractivity contribution in [3.05, 3.63) is 89.9 Å². The van der Waals surface area contributed by atoms with Crippen LogP contribution in [0.25, 0.3) is 0 Å². The molecule has 4 heteroatoms. The molecule has 3 rings (SSSR count). The quantitative estimate of drug-likeness (QED) is 0.697. The van der Waals surface area contributed by atoms with E-state index in [1.165, 1.54) is 5.56 Å². The first-order chi connectivity index (χ1) is 12.3. The van der Waals surface area contributed by atoms with Gasteiger partial charge in [-0.15, -0.1) is 0 Å². The molecule has 128 valence electrons. The van der Waals surface area contributed by atoms with Crippen LogP contribution in [-0.2, 0) is 11.2 Å². The molecule has 0 bridgehead atoms. The average molecular weight is 335 g/mol. The van der Waals surface area contributed by atoms with Gasteiger partial charge in [-0.25, -0.2) is 0 Å². The molecule has 1 amide bonds. The Morgan fingerprint density at radius 3 is 2.64 bits per heavy atom. The van der Waals surface area contributed by atoms with Crippen LogP contribution in [0.5, 0.6) is 0 Å². The van der Waals surface area contributed by atoms with Gasteiger partial charge in [-0.05, 0) is 36.2 Å². The van der Waals surface area contributed by atoms with Gasteiger partial charge in [0.25, 0.3) is 5.91 Å². The van der Waals surface area contributed by atoms with Gasteiger partial charge in [0.2, 0.25) is 0 Å². The summed E-state index contributed by atoms with van der Waals surface area (Å²) < 4.78 is 5.57. The van der Waals surface area contributed by atoms with Crippen LogP contribution < -0.4 is 10.6 Å². The number of rotatable bonds is 7. The standard InChI is InChI=1S/C21H22N2O2/c1-2-16-8-6-11-18(14-16)23-20(24)15-22-21(19-12-7-13-25-19)17-9-4-3-5-10-17/h3-14,21-22H,2,15H2,1H3,(H,23,24)/p+1/t21-/m1/s1. The molecule has 0 radical (unpaired) electrons. The minimum absolute atomic E-state index is 0.0271. The highest BCUT2D eigenvalue weighted by molar-refractivity contribution is 5.91. The molecular weight excluding hydrogens is 312 g/mol. The minimum atomic E-state index is -0.0380. The molecule has 0 aliphatic rings. The number of nitrogens with one attached hydrogen (secondary N) is 1. The molecule has 2 aromatic carbocycles. The van der Waals surface area contributed by atoms with Gasteiger partial charge in [0.1, 0.15) is 0 Å². The number of nitrogens with two attached hydrogens (primary N) is 1. The van der Waals surface area contributed by atoms with E-state index >= 15 is 0 Å². The normalized spacial score (nSPS) is 11.9. The fraction of sp³-hybridized carbons (Fsp3) is 0.190. The second-order valence-electron chi connectivity index (χ2n) is 5.95. The third-order valence-electron chi connectivity index (χ3n) is 4.17. The Balaban J connectivity index is 1.66. The van der Waals surface area contributed by atoms with E-state index in [0.717, 1.165) is 23.4 Å². The maximum absolute atomic E-state index is 12.3. The largest absolute Gasteiger partial charge is 0.463 e. The smallest absolute Gasteiger partial charge is 0.279 e. The van der Waals surface area contributed by atoms with E-state index in [1.807, 2.05) is 66.0 Å². The van der Waals surface area contributed by atoms with Gasteiger partial charge in [-0.2, -0.15) is 0 Å². The predicted molar refractivity (Wildman–Crippen MR) is 98.2 cm³/mol. The summed E-state index contributed by atoms with van der Waals surface area (Å²) in [4.78, 5) is 12.3. The number of quaternary nitrogens is 1. The average Bonchev–Trinajstić information content (AvgIpc) is 3.17. The first kappa shape index (κ1) is 17.0. The van der Waals surface area contributed by atoms with Crippen LogP contribution in [0, 0.1) is 0 Å². The number of anilines is 1. The van der Waals surface area contributed by atoms with Crippen LogP contribution in [0.2, 0.25) is 0 Å². The zero-order valence-corrected chi connectivity index (χ0v) is 14.3. The SMILES string of the molecule is CCc1cccc(NC(=O)C[NH2+][C@H](c2ccccc2)c2ccco2)c1. The Kier molecular flexibility index (Phi) is 5.65. The number of hydrogen-bond donors (Lipinski definition) is 2. The molecule has 1 aromatic heterocycles. The number of carbonyl (C=O) groups excluding carboxylic acids is 1. The Bertz CT molecular complexity index is 798.